The highest BCUT2D eigenvalue weighted by atomic mass is 16.6. The number of unbranched alkanes of at least 4 members (excludes halogenated alkanes) is 36. The number of carbonyl (C=O) groups excluding carboxylic acids is 3. The zero-order valence-electron chi connectivity index (χ0n) is 47.9. The van der Waals surface area contributed by atoms with Crippen LogP contribution in [-0.2, 0) is 28.6 Å². The van der Waals surface area contributed by atoms with Gasteiger partial charge in [-0.2, -0.15) is 0 Å². The van der Waals surface area contributed by atoms with Crippen molar-refractivity contribution in [1.29, 1.82) is 0 Å². The van der Waals surface area contributed by atoms with Crippen LogP contribution in [0, 0.1) is 0 Å². The molecule has 0 rings (SSSR count). The summed E-state index contributed by atoms with van der Waals surface area (Å²) in [7, 11) is 0. The van der Waals surface area contributed by atoms with Crippen molar-refractivity contribution in [2.75, 3.05) is 13.2 Å². The third-order valence-electron chi connectivity index (χ3n) is 13.8. The maximum atomic E-state index is 12.8. The SMILES string of the molecule is CC/C=C\C/C=C\C/C=C\CCCCCCCC(=O)OC(COC(=O)CCCCCCCCCC)COC(=O)CCCCCCCCCCCCCCCCCCCCC/C=C\C/C=C\CCCCCCC. The molecule has 0 amide bonds. The average Bonchev–Trinajstić information content (AvgIpc) is 3.38. The molecule has 0 aromatic heterocycles. The first-order valence-electron chi connectivity index (χ1n) is 31.3. The van der Waals surface area contributed by atoms with E-state index in [9.17, 15) is 14.4 Å². The second kappa shape index (κ2) is 60.7. The molecular weight excluding hydrogens is 889 g/mol. The molecule has 0 radical (unpaired) electrons. The van der Waals surface area contributed by atoms with E-state index in [4.69, 9.17) is 14.2 Å². The first kappa shape index (κ1) is 69.1. The molecule has 6 nitrogen and oxygen atoms in total. The smallest absolute Gasteiger partial charge is 0.306 e. The predicted octanol–water partition coefficient (Wildman–Crippen LogP) is 21.2. The van der Waals surface area contributed by atoms with Crippen molar-refractivity contribution in [3.8, 4) is 0 Å². The third-order valence-corrected chi connectivity index (χ3v) is 13.8. The van der Waals surface area contributed by atoms with Gasteiger partial charge in [-0.1, -0.05) is 281 Å². The van der Waals surface area contributed by atoms with E-state index in [1.807, 2.05) is 0 Å². The van der Waals surface area contributed by atoms with Gasteiger partial charge in [0.15, 0.2) is 6.10 Å². The van der Waals surface area contributed by atoms with E-state index in [0.717, 1.165) is 103 Å². The molecule has 0 aliphatic carbocycles. The summed E-state index contributed by atoms with van der Waals surface area (Å²) >= 11 is 0. The van der Waals surface area contributed by atoms with Gasteiger partial charge >= 0.3 is 17.9 Å². The number of hydrogen-bond acceptors (Lipinski definition) is 6. The summed E-state index contributed by atoms with van der Waals surface area (Å²) in [6.45, 7) is 6.50. The first-order chi connectivity index (χ1) is 35.5. The van der Waals surface area contributed by atoms with Gasteiger partial charge in [0.2, 0.25) is 0 Å². The predicted molar refractivity (Wildman–Crippen MR) is 312 cm³/mol. The number of carbonyl (C=O) groups is 3. The lowest BCUT2D eigenvalue weighted by molar-refractivity contribution is -0.167. The fourth-order valence-corrected chi connectivity index (χ4v) is 9.08. The van der Waals surface area contributed by atoms with Gasteiger partial charge in [-0.25, -0.2) is 0 Å². The van der Waals surface area contributed by atoms with Crippen LogP contribution in [0.15, 0.2) is 60.8 Å². The van der Waals surface area contributed by atoms with Crippen molar-refractivity contribution in [3.05, 3.63) is 60.8 Å². The molecule has 0 saturated heterocycles. The highest BCUT2D eigenvalue weighted by molar-refractivity contribution is 5.71. The van der Waals surface area contributed by atoms with Crippen LogP contribution in [0.1, 0.15) is 323 Å². The summed E-state index contributed by atoms with van der Waals surface area (Å²) in [5, 5.41) is 0. The zero-order chi connectivity index (χ0) is 52.2. The van der Waals surface area contributed by atoms with Crippen LogP contribution in [0.2, 0.25) is 0 Å². The van der Waals surface area contributed by atoms with Crippen molar-refractivity contribution in [1.82, 2.24) is 0 Å². The van der Waals surface area contributed by atoms with Gasteiger partial charge in [0.25, 0.3) is 0 Å². The van der Waals surface area contributed by atoms with E-state index in [-0.39, 0.29) is 31.1 Å². The van der Waals surface area contributed by atoms with Crippen molar-refractivity contribution in [2.24, 2.45) is 0 Å². The zero-order valence-corrected chi connectivity index (χ0v) is 47.9. The summed E-state index contributed by atoms with van der Waals surface area (Å²) in [6.07, 6.45) is 76.9. The Labute approximate surface area is 447 Å². The van der Waals surface area contributed by atoms with Gasteiger partial charge in [-0.3, -0.25) is 14.4 Å². The Bertz CT molecular complexity index is 1290. The first-order valence-corrected chi connectivity index (χ1v) is 31.3. The molecule has 0 fully saturated rings. The average molecular weight is 1010 g/mol. The summed E-state index contributed by atoms with van der Waals surface area (Å²) in [5.41, 5.74) is 0. The maximum Gasteiger partial charge on any atom is 0.306 e. The molecule has 0 aromatic rings. The lowest BCUT2D eigenvalue weighted by Crippen LogP contribution is -2.30. The molecule has 0 spiro atoms. The van der Waals surface area contributed by atoms with E-state index in [0.29, 0.717) is 19.3 Å². The number of esters is 3. The lowest BCUT2D eigenvalue weighted by Gasteiger charge is -2.18. The number of rotatable bonds is 57. The standard InChI is InChI=1S/C66H118O6/c1-4-7-10-13-16-19-21-23-25-26-27-28-29-30-31-32-33-34-35-36-37-38-39-40-42-43-45-47-50-53-56-59-65(68)71-62-63(61-70-64(67)58-55-52-49-18-15-12-9-6-3)72-66(69)60-57-54-51-48-46-44-41-24-22-20-17-14-11-8-5-2/h8,11,17,20-21,23-24,26-27,41,63H,4-7,9-10,12-16,18-19,22,25,28-40,42-62H2,1-3H3/b11-8-,20-17-,23-21-,27-26-,41-24-. The molecule has 0 heterocycles. The third kappa shape index (κ3) is 58.0. The van der Waals surface area contributed by atoms with E-state index in [2.05, 4.69) is 81.5 Å². The Hall–Kier alpha value is -2.89. The molecule has 0 aromatic carbocycles. The van der Waals surface area contributed by atoms with Crippen LogP contribution in [0.3, 0.4) is 0 Å². The molecule has 418 valence electrons. The van der Waals surface area contributed by atoms with Crippen LogP contribution in [0.4, 0.5) is 0 Å². The van der Waals surface area contributed by atoms with Crippen molar-refractivity contribution in [3.63, 3.8) is 0 Å². The van der Waals surface area contributed by atoms with Crippen LogP contribution < -0.4 is 0 Å². The Morgan fingerprint density at radius 2 is 0.542 bits per heavy atom. The number of allylic oxidation sites excluding steroid dienone is 10. The molecule has 6 heteroatoms. The summed E-state index contributed by atoms with van der Waals surface area (Å²) in [6, 6.07) is 0. The Balaban J connectivity index is 4.04. The topological polar surface area (TPSA) is 78.9 Å². The lowest BCUT2D eigenvalue weighted by atomic mass is 10.0. The largest absolute Gasteiger partial charge is 0.462 e. The number of hydrogen-bond donors (Lipinski definition) is 0. The van der Waals surface area contributed by atoms with E-state index < -0.39 is 6.10 Å². The molecule has 0 bridgehead atoms. The Morgan fingerprint density at radius 3 is 0.847 bits per heavy atom. The summed E-state index contributed by atoms with van der Waals surface area (Å²) in [4.78, 5) is 38.0. The van der Waals surface area contributed by atoms with Gasteiger partial charge in [0.1, 0.15) is 13.2 Å². The van der Waals surface area contributed by atoms with Crippen molar-refractivity contribution >= 4 is 17.9 Å². The molecule has 0 aliphatic heterocycles. The molecule has 1 atom stereocenters. The Kier molecular flexibility index (Phi) is 58.2. The molecule has 72 heavy (non-hydrogen) atoms. The van der Waals surface area contributed by atoms with Crippen LogP contribution >= 0.6 is 0 Å². The van der Waals surface area contributed by atoms with Gasteiger partial charge in [-0.05, 0) is 83.5 Å². The summed E-state index contributed by atoms with van der Waals surface area (Å²) < 4.78 is 16.8. The minimum Gasteiger partial charge on any atom is -0.462 e. The molecule has 0 N–H and O–H groups in total. The highest BCUT2D eigenvalue weighted by Crippen LogP contribution is 2.17. The van der Waals surface area contributed by atoms with Gasteiger partial charge < -0.3 is 14.2 Å². The van der Waals surface area contributed by atoms with Crippen LogP contribution in [0.5, 0.6) is 0 Å². The molecular formula is C66H118O6. The quantitative estimate of drug-likeness (QED) is 0.0261. The summed E-state index contributed by atoms with van der Waals surface area (Å²) in [5.74, 6) is -0.886. The van der Waals surface area contributed by atoms with E-state index in [1.54, 1.807) is 0 Å². The van der Waals surface area contributed by atoms with Gasteiger partial charge in [0.05, 0.1) is 0 Å². The van der Waals surface area contributed by atoms with Crippen LogP contribution in [-0.4, -0.2) is 37.2 Å². The minimum atomic E-state index is -0.779. The fourth-order valence-electron chi connectivity index (χ4n) is 9.08. The highest BCUT2D eigenvalue weighted by Gasteiger charge is 2.19. The second-order valence-electron chi connectivity index (χ2n) is 20.9. The molecule has 0 saturated carbocycles. The van der Waals surface area contributed by atoms with E-state index >= 15 is 0 Å². The van der Waals surface area contributed by atoms with Gasteiger partial charge in [-0.15, -0.1) is 0 Å². The molecule has 0 aliphatic rings. The van der Waals surface area contributed by atoms with Gasteiger partial charge in [0, 0.05) is 19.3 Å². The molecule has 1 unspecified atom stereocenters. The second-order valence-corrected chi connectivity index (χ2v) is 20.9. The maximum absolute atomic E-state index is 12.8. The van der Waals surface area contributed by atoms with E-state index in [1.165, 1.54) is 180 Å². The number of ether oxygens (including phenoxy) is 3. The monoisotopic (exact) mass is 1010 g/mol. The van der Waals surface area contributed by atoms with Crippen molar-refractivity contribution < 1.29 is 28.6 Å². The van der Waals surface area contributed by atoms with Crippen molar-refractivity contribution in [2.45, 2.75) is 329 Å². The normalized spacial score (nSPS) is 12.4. The van der Waals surface area contributed by atoms with Crippen LogP contribution in [0.25, 0.3) is 0 Å². The minimum absolute atomic E-state index is 0.0777. The fraction of sp³-hybridized carbons (Fsp3) is 0.803. The Morgan fingerprint density at radius 1 is 0.292 bits per heavy atom.